The summed E-state index contributed by atoms with van der Waals surface area (Å²) < 4.78 is 33.7. The van der Waals surface area contributed by atoms with Crippen LogP contribution in [0, 0.1) is 58.5 Å². The first-order chi connectivity index (χ1) is 17.5. The van der Waals surface area contributed by atoms with E-state index in [0.29, 0.717) is 5.92 Å². The summed E-state index contributed by atoms with van der Waals surface area (Å²) in [7, 11) is 0. The van der Waals surface area contributed by atoms with E-state index in [1.54, 1.807) is 6.07 Å². The molecule has 5 heteroatoms. The molecule has 1 aromatic carbocycles. The van der Waals surface area contributed by atoms with Crippen molar-refractivity contribution in [2.75, 3.05) is 0 Å². The molecule has 3 fully saturated rings. The first-order valence-electron chi connectivity index (χ1n) is 14.6. The first-order valence-corrected chi connectivity index (χ1v) is 14.6. The van der Waals surface area contributed by atoms with Gasteiger partial charge in [-0.1, -0.05) is 71.1 Å². The molecule has 36 heavy (non-hydrogen) atoms. The number of carbonyl (C=O) groups excluding carboxylic acids is 1. The number of nitriles is 1. The lowest BCUT2D eigenvalue weighted by atomic mass is 9.59. The van der Waals surface area contributed by atoms with Gasteiger partial charge >= 0.3 is 5.97 Å². The summed E-state index contributed by atoms with van der Waals surface area (Å²) in [6, 6.07) is 3.96. The summed E-state index contributed by atoms with van der Waals surface area (Å²) in [6.07, 6.45) is 20.2. The number of unbranched alkanes of at least 4 members (excludes halogenated alkanes) is 4. The average molecular weight is 500 g/mol. The first kappa shape index (κ1) is 27.1. The van der Waals surface area contributed by atoms with Crippen LogP contribution in [0.25, 0.3) is 0 Å². The second-order valence-electron chi connectivity index (χ2n) is 11.8. The van der Waals surface area contributed by atoms with Crippen molar-refractivity contribution in [1.82, 2.24) is 0 Å². The lowest BCUT2D eigenvalue weighted by Crippen LogP contribution is -2.40. The van der Waals surface area contributed by atoms with Gasteiger partial charge < -0.3 is 4.74 Å². The molecule has 3 aliphatic rings. The summed E-state index contributed by atoms with van der Waals surface area (Å²) in [5.41, 5.74) is -0.385. The van der Waals surface area contributed by atoms with E-state index in [-0.39, 0.29) is 17.4 Å². The van der Waals surface area contributed by atoms with Crippen molar-refractivity contribution in [3.63, 3.8) is 0 Å². The minimum Gasteiger partial charge on any atom is -0.423 e. The molecule has 4 rings (SSSR count). The van der Waals surface area contributed by atoms with Crippen LogP contribution in [0.2, 0.25) is 0 Å². The largest absolute Gasteiger partial charge is 0.423 e. The third-order valence-corrected chi connectivity index (χ3v) is 9.64. The smallest absolute Gasteiger partial charge is 0.314 e. The zero-order valence-corrected chi connectivity index (χ0v) is 22.0. The molecule has 0 spiro atoms. The molecule has 0 aromatic heterocycles. The molecule has 3 aliphatic carbocycles. The Bertz CT molecular complexity index is 918. The van der Waals surface area contributed by atoms with Gasteiger partial charge in [0, 0.05) is 0 Å². The fourth-order valence-electron chi connectivity index (χ4n) is 7.59. The molecule has 198 valence electrons. The molecule has 0 N–H and O–H groups in total. The standard InChI is InChI=1S/C31H43F2NO2/c1-2-3-4-5-6-8-21-11-13-22(14-12-21)23-15-17-26-24(19-23)9-7-10-27(26)31(35)36-28-18-16-25(20-34)29(32)30(28)33/h16,18,21-24,26-27H,2-15,17,19H2,1H3. The summed E-state index contributed by atoms with van der Waals surface area (Å²) in [5.74, 6) is -0.234. The number of hydrogen-bond acceptors (Lipinski definition) is 3. The molecule has 0 radical (unpaired) electrons. The van der Waals surface area contributed by atoms with Crippen molar-refractivity contribution in [3.05, 3.63) is 29.3 Å². The van der Waals surface area contributed by atoms with Crippen LogP contribution in [0.5, 0.6) is 5.75 Å². The lowest BCUT2D eigenvalue weighted by molar-refractivity contribution is -0.144. The predicted octanol–water partition coefficient (Wildman–Crippen LogP) is 8.74. The summed E-state index contributed by atoms with van der Waals surface area (Å²) in [5, 5.41) is 8.87. The third-order valence-electron chi connectivity index (χ3n) is 9.64. The zero-order chi connectivity index (χ0) is 25.5. The topological polar surface area (TPSA) is 50.1 Å². The minimum atomic E-state index is -1.25. The number of hydrogen-bond donors (Lipinski definition) is 0. The quantitative estimate of drug-likeness (QED) is 0.194. The van der Waals surface area contributed by atoms with Gasteiger partial charge in [-0.2, -0.15) is 9.65 Å². The summed E-state index contributed by atoms with van der Waals surface area (Å²) >= 11 is 0. The number of rotatable bonds is 9. The van der Waals surface area contributed by atoms with Gasteiger partial charge in [0.05, 0.1) is 11.5 Å². The van der Waals surface area contributed by atoms with Gasteiger partial charge in [-0.05, 0) is 80.2 Å². The minimum absolute atomic E-state index is 0.244. The Hall–Kier alpha value is -1.96. The van der Waals surface area contributed by atoms with Gasteiger partial charge in [-0.15, -0.1) is 0 Å². The van der Waals surface area contributed by atoms with E-state index >= 15 is 0 Å². The number of fused-ring (bicyclic) bond motifs is 1. The fraction of sp³-hybridized carbons (Fsp3) is 0.742. The van der Waals surface area contributed by atoms with Gasteiger partial charge in [0.15, 0.2) is 11.6 Å². The van der Waals surface area contributed by atoms with E-state index in [9.17, 15) is 13.6 Å². The maximum absolute atomic E-state index is 14.3. The molecule has 0 bridgehead atoms. The number of halogens is 2. The molecule has 4 atom stereocenters. The highest BCUT2D eigenvalue weighted by Gasteiger charge is 2.43. The van der Waals surface area contributed by atoms with Crippen LogP contribution in [0.3, 0.4) is 0 Å². The van der Waals surface area contributed by atoms with Crippen LogP contribution in [0.4, 0.5) is 8.78 Å². The second-order valence-corrected chi connectivity index (χ2v) is 11.8. The highest BCUT2D eigenvalue weighted by molar-refractivity contribution is 5.75. The van der Waals surface area contributed by atoms with Gasteiger partial charge in [0.25, 0.3) is 0 Å². The van der Waals surface area contributed by atoms with Gasteiger partial charge in [-0.3, -0.25) is 4.79 Å². The Labute approximate surface area is 216 Å². The SMILES string of the molecule is CCCCCCCC1CCC(C2CCC3C(CCCC3C(=O)Oc3ccc(C#N)c(F)c3F)C2)CC1. The molecule has 3 nitrogen and oxygen atoms in total. The molecule has 0 saturated heterocycles. The Morgan fingerprint density at radius 1 is 0.917 bits per heavy atom. The highest BCUT2D eigenvalue weighted by atomic mass is 19.2. The monoisotopic (exact) mass is 499 g/mol. The van der Waals surface area contributed by atoms with Gasteiger partial charge in [0.2, 0.25) is 5.82 Å². The number of carbonyl (C=O) groups is 1. The van der Waals surface area contributed by atoms with Crippen LogP contribution in [-0.4, -0.2) is 5.97 Å². The average Bonchev–Trinajstić information content (AvgIpc) is 2.91. The summed E-state index contributed by atoms with van der Waals surface area (Å²) in [4.78, 5) is 13.0. The molecule has 3 saturated carbocycles. The zero-order valence-electron chi connectivity index (χ0n) is 22.0. The Balaban J connectivity index is 1.26. The van der Waals surface area contributed by atoms with Crippen molar-refractivity contribution in [2.24, 2.45) is 35.5 Å². The van der Waals surface area contributed by atoms with E-state index in [1.807, 2.05) is 0 Å². The third kappa shape index (κ3) is 6.48. The van der Waals surface area contributed by atoms with E-state index in [1.165, 1.54) is 83.1 Å². The Morgan fingerprint density at radius 3 is 2.42 bits per heavy atom. The van der Waals surface area contributed by atoms with Crippen LogP contribution in [0.1, 0.15) is 115 Å². The molecule has 0 amide bonds. The van der Waals surface area contributed by atoms with Gasteiger partial charge in [-0.25, -0.2) is 4.39 Å². The molecule has 1 aromatic rings. The molecular weight excluding hydrogens is 456 g/mol. The van der Waals surface area contributed by atoms with Crippen LogP contribution in [-0.2, 0) is 4.79 Å². The van der Waals surface area contributed by atoms with Crippen molar-refractivity contribution < 1.29 is 18.3 Å². The Kier molecular flexibility index (Phi) is 9.80. The molecule has 0 aliphatic heterocycles. The van der Waals surface area contributed by atoms with Crippen molar-refractivity contribution in [2.45, 2.75) is 110 Å². The van der Waals surface area contributed by atoms with Crippen LogP contribution < -0.4 is 4.74 Å². The summed E-state index contributed by atoms with van der Waals surface area (Å²) in [6.45, 7) is 2.27. The van der Waals surface area contributed by atoms with Crippen molar-refractivity contribution in [1.29, 1.82) is 5.26 Å². The molecule has 0 heterocycles. The van der Waals surface area contributed by atoms with E-state index in [2.05, 4.69) is 6.92 Å². The maximum atomic E-state index is 14.3. The Morgan fingerprint density at radius 2 is 1.67 bits per heavy atom. The maximum Gasteiger partial charge on any atom is 0.314 e. The van der Waals surface area contributed by atoms with Gasteiger partial charge in [0.1, 0.15) is 6.07 Å². The highest BCUT2D eigenvalue weighted by Crippen LogP contribution is 2.50. The number of ether oxygens (including phenoxy) is 1. The fourth-order valence-corrected chi connectivity index (χ4v) is 7.59. The van der Waals surface area contributed by atoms with E-state index in [4.69, 9.17) is 10.00 Å². The number of benzene rings is 1. The van der Waals surface area contributed by atoms with E-state index in [0.717, 1.165) is 49.5 Å². The predicted molar refractivity (Wildman–Crippen MR) is 137 cm³/mol. The van der Waals surface area contributed by atoms with E-state index < -0.39 is 23.4 Å². The molecule has 4 unspecified atom stereocenters. The lowest BCUT2D eigenvalue weighted by Gasteiger charge is -2.46. The normalized spacial score (nSPS) is 30.3. The van der Waals surface area contributed by atoms with Crippen molar-refractivity contribution >= 4 is 5.97 Å². The molecular formula is C31H43F2NO2. The number of esters is 1. The second kappa shape index (κ2) is 13.0. The van der Waals surface area contributed by atoms with Crippen LogP contribution in [0.15, 0.2) is 12.1 Å². The van der Waals surface area contributed by atoms with Crippen LogP contribution >= 0.6 is 0 Å². The number of nitrogens with zero attached hydrogens (tertiary/aromatic N) is 1. The van der Waals surface area contributed by atoms with Crippen molar-refractivity contribution in [3.8, 4) is 11.8 Å².